The molecule has 3 aromatic carbocycles. The molecule has 0 saturated carbocycles. The Morgan fingerprint density at radius 3 is 1.95 bits per heavy atom. The first-order valence-electron chi connectivity index (χ1n) is 11.3. The quantitative estimate of drug-likeness (QED) is 0.224. The van der Waals surface area contributed by atoms with E-state index in [0.717, 1.165) is 0 Å². The maximum Gasteiger partial charge on any atom is 0.340 e. The van der Waals surface area contributed by atoms with Gasteiger partial charge >= 0.3 is 5.97 Å². The zero-order valence-electron chi connectivity index (χ0n) is 19.1. The number of rotatable bonds is 1. The first-order chi connectivity index (χ1) is 17.7. The van der Waals surface area contributed by atoms with Crippen molar-refractivity contribution in [1.29, 1.82) is 0 Å². The number of aliphatic hydroxyl groups is 5. The van der Waals surface area contributed by atoms with Gasteiger partial charge in [-0.15, -0.1) is 0 Å². The van der Waals surface area contributed by atoms with Crippen LogP contribution in [0.5, 0.6) is 23.0 Å². The van der Waals surface area contributed by atoms with E-state index in [0.29, 0.717) is 33.8 Å². The van der Waals surface area contributed by atoms with Gasteiger partial charge in [-0.3, -0.25) is 0 Å². The summed E-state index contributed by atoms with van der Waals surface area (Å²) in [7, 11) is 0. The van der Waals surface area contributed by atoms with E-state index >= 15 is 0 Å². The highest BCUT2D eigenvalue weighted by Gasteiger charge is 2.53. The largest absolute Gasteiger partial charge is 0.508 e. The summed E-state index contributed by atoms with van der Waals surface area (Å²) in [5, 5.41) is 64.3. The van der Waals surface area contributed by atoms with Crippen molar-refractivity contribution in [2.45, 2.75) is 36.3 Å². The van der Waals surface area contributed by atoms with Crippen molar-refractivity contribution in [1.82, 2.24) is 0 Å². The van der Waals surface area contributed by atoms with Crippen LogP contribution < -0.4 is 4.74 Å². The van der Waals surface area contributed by atoms with Crippen LogP contribution >= 0.6 is 0 Å². The average molecular weight is 512 g/mol. The molecule has 5 atom stereocenters. The van der Waals surface area contributed by atoms with E-state index in [9.17, 15) is 15.0 Å². The SMILES string of the molecule is O=C1OC2(c3ccc(O)cc3Oc3cc(O)ccc32)c2ccccc21.OC[C@H]1O[C@@H](O)[C@H](O)[C@@H](O)[C@H]1O. The maximum absolute atomic E-state index is 12.5. The fraction of sp³-hybridized carbons (Fsp3) is 0.269. The lowest BCUT2D eigenvalue weighted by Gasteiger charge is -2.37. The fourth-order valence-corrected chi connectivity index (χ4v) is 4.74. The third-order valence-electron chi connectivity index (χ3n) is 6.55. The van der Waals surface area contributed by atoms with Gasteiger partial charge in [0.2, 0.25) is 0 Å². The van der Waals surface area contributed by atoms with Gasteiger partial charge in [0.05, 0.1) is 12.2 Å². The maximum atomic E-state index is 12.5. The molecule has 0 amide bonds. The second-order valence-corrected chi connectivity index (χ2v) is 8.80. The molecule has 1 saturated heterocycles. The van der Waals surface area contributed by atoms with E-state index in [1.165, 1.54) is 24.3 Å². The Bertz CT molecular complexity index is 1280. The molecule has 194 valence electrons. The summed E-state index contributed by atoms with van der Waals surface area (Å²) in [6.45, 7) is -0.526. The smallest absolute Gasteiger partial charge is 0.340 e. The van der Waals surface area contributed by atoms with Crippen LogP contribution in [0.15, 0.2) is 60.7 Å². The third-order valence-corrected chi connectivity index (χ3v) is 6.55. The van der Waals surface area contributed by atoms with Crippen LogP contribution in [-0.4, -0.2) is 79.0 Å². The molecular weight excluding hydrogens is 488 g/mol. The topological polar surface area (TPSA) is 186 Å². The van der Waals surface area contributed by atoms with Gasteiger partial charge in [0.15, 0.2) is 11.9 Å². The number of hydrogen-bond donors (Lipinski definition) is 7. The first kappa shape index (κ1) is 25.0. The number of phenolic OH excluding ortho intramolecular Hbond substituents is 2. The number of hydrogen-bond acceptors (Lipinski definition) is 11. The van der Waals surface area contributed by atoms with Crippen molar-refractivity contribution in [3.8, 4) is 23.0 Å². The molecule has 7 N–H and O–H groups in total. The van der Waals surface area contributed by atoms with Crippen LogP contribution in [-0.2, 0) is 15.1 Å². The predicted octanol–water partition coefficient (Wildman–Crippen LogP) is 0.444. The summed E-state index contributed by atoms with van der Waals surface area (Å²) >= 11 is 0. The summed E-state index contributed by atoms with van der Waals surface area (Å²) in [4.78, 5) is 12.5. The van der Waals surface area contributed by atoms with Crippen LogP contribution in [0.1, 0.15) is 27.0 Å². The number of aromatic hydroxyl groups is 2. The summed E-state index contributed by atoms with van der Waals surface area (Å²) < 4.78 is 16.4. The van der Waals surface area contributed by atoms with Crippen LogP contribution in [0.3, 0.4) is 0 Å². The highest BCUT2D eigenvalue weighted by molar-refractivity contribution is 5.97. The van der Waals surface area contributed by atoms with Crippen molar-refractivity contribution < 1.29 is 54.8 Å². The van der Waals surface area contributed by atoms with Crippen molar-refractivity contribution in [2.75, 3.05) is 6.61 Å². The van der Waals surface area contributed by atoms with Crippen LogP contribution in [0, 0.1) is 0 Å². The number of carbonyl (C=O) groups excluding carboxylic acids is 1. The molecule has 0 aliphatic carbocycles. The van der Waals surface area contributed by atoms with Crippen molar-refractivity contribution >= 4 is 5.97 Å². The molecule has 11 nitrogen and oxygen atoms in total. The molecule has 3 aliphatic heterocycles. The number of ether oxygens (including phenoxy) is 3. The first-order valence-corrected chi connectivity index (χ1v) is 11.3. The molecule has 37 heavy (non-hydrogen) atoms. The van der Waals surface area contributed by atoms with Gasteiger partial charge in [-0.2, -0.15) is 0 Å². The van der Waals surface area contributed by atoms with Gasteiger partial charge in [-0.25, -0.2) is 4.79 Å². The summed E-state index contributed by atoms with van der Waals surface area (Å²) in [6.07, 6.45) is -7.04. The van der Waals surface area contributed by atoms with E-state index in [1.54, 1.807) is 24.3 Å². The van der Waals surface area contributed by atoms with Gasteiger partial charge in [-0.05, 0) is 30.3 Å². The van der Waals surface area contributed by atoms with E-state index < -0.39 is 48.9 Å². The zero-order valence-corrected chi connectivity index (χ0v) is 19.1. The Morgan fingerprint density at radius 1 is 0.757 bits per heavy atom. The minimum absolute atomic E-state index is 0.0371. The second kappa shape index (κ2) is 9.30. The minimum Gasteiger partial charge on any atom is -0.508 e. The molecule has 1 spiro atoms. The molecule has 0 aromatic heterocycles. The second-order valence-electron chi connectivity index (χ2n) is 8.80. The van der Waals surface area contributed by atoms with E-state index in [-0.39, 0.29) is 11.5 Å². The molecule has 11 heteroatoms. The van der Waals surface area contributed by atoms with Crippen molar-refractivity contribution in [3.63, 3.8) is 0 Å². The number of benzene rings is 3. The molecule has 0 radical (unpaired) electrons. The molecule has 6 rings (SSSR count). The Labute approximate surface area is 210 Å². The molecule has 1 fully saturated rings. The number of carbonyl (C=O) groups is 1. The zero-order chi connectivity index (χ0) is 26.5. The molecule has 3 aromatic rings. The number of aliphatic hydroxyl groups excluding tert-OH is 5. The molecular formula is C26H24O11. The lowest BCUT2D eigenvalue weighted by atomic mass is 9.77. The van der Waals surface area contributed by atoms with Crippen molar-refractivity contribution in [3.05, 3.63) is 82.9 Å². The standard InChI is InChI=1S/C20H12O5.C6H12O6/c21-11-5-7-15-17(9-11)24-18-10-12(22)6-8-16(18)20(15)14-4-2-1-3-13(14)19(23)25-20;7-1-2-3(8)4(9)5(10)6(11)12-2/h1-10,21-22H;2-11H,1H2/t;2-,3+,4+,5-,6-/m.1/s1. The Morgan fingerprint density at radius 2 is 1.35 bits per heavy atom. The lowest BCUT2D eigenvalue weighted by molar-refractivity contribution is -0.286. The Hall–Kier alpha value is -3.71. The van der Waals surface area contributed by atoms with Crippen LogP contribution in [0.2, 0.25) is 0 Å². The van der Waals surface area contributed by atoms with Gasteiger partial charge < -0.3 is 50.0 Å². The number of fused-ring (bicyclic) bond motifs is 6. The molecule has 0 bridgehead atoms. The van der Waals surface area contributed by atoms with Gasteiger partial charge in [0.1, 0.15) is 47.4 Å². The highest BCUT2D eigenvalue weighted by atomic mass is 16.6. The summed E-state index contributed by atoms with van der Waals surface area (Å²) in [5.41, 5.74) is 1.28. The number of phenols is 2. The van der Waals surface area contributed by atoms with E-state index in [1.807, 2.05) is 12.1 Å². The number of esters is 1. The van der Waals surface area contributed by atoms with Gasteiger partial charge in [0.25, 0.3) is 0 Å². The normalized spacial score (nSPS) is 26.6. The predicted molar refractivity (Wildman–Crippen MR) is 124 cm³/mol. The minimum atomic E-state index is -1.57. The molecule has 3 aliphatic rings. The monoisotopic (exact) mass is 512 g/mol. The summed E-state index contributed by atoms with van der Waals surface area (Å²) in [6, 6.07) is 16.6. The summed E-state index contributed by atoms with van der Waals surface area (Å²) in [5.74, 6) is 0.408. The van der Waals surface area contributed by atoms with Gasteiger partial charge in [0, 0.05) is 28.8 Å². The van der Waals surface area contributed by atoms with Gasteiger partial charge in [-0.1, -0.05) is 18.2 Å². The lowest BCUT2D eigenvalue weighted by Crippen LogP contribution is -2.58. The van der Waals surface area contributed by atoms with Crippen LogP contribution in [0.25, 0.3) is 0 Å². The van der Waals surface area contributed by atoms with Crippen LogP contribution in [0.4, 0.5) is 0 Å². The van der Waals surface area contributed by atoms with Crippen molar-refractivity contribution in [2.24, 2.45) is 0 Å². The fourth-order valence-electron chi connectivity index (χ4n) is 4.74. The molecule has 3 heterocycles. The third kappa shape index (κ3) is 3.98. The van der Waals surface area contributed by atoms with E-state index in [4.69, 9.17) is 35.0 Å². The molecule has 0 unspecified atom stereocenters. The Balaban J connectivity index is 0.000000198. The Kier molecular flexibility index (Phi) is 6.28. The average Bonchev–Trinajstić information content (AvgIpc) is 3.18. The van der Waals surface area contributed by atoms with E-state index in [2.05, 4.69) is 4.74 Å². The highest BCUT2D eigenvalue weighted by Crippen LogP contribution is 2.56.